The van der Waals surface area contributed by atoms with Crippen LogP contribution < -0.4 is 5.32 Å². The van der Waals surface area contributed by atoms with Crippen LogP contribution in [0.25, 0.3) is 0 Å². The molecule has 1 N–H and O–H groups in total. The average Bonchev–Trinajstić information content (AvgIpc) is 3.10. The Morgan fingerprint density at radius 2 is 1.92 bits per heavy atom. The Balaban J connectivity index is 1.34. The summed E-state index contributed by atoms with van der Waals surface area (Å²) < 4.78 is 18.3. The largest absolute Gasteiger partial charge is 0.381 e. The van der Waals surface area contributed by atoms with Crippen LogP contribution in [0.2, 0.25) is 0 Å². The van der Waals surface area contributed by atoms with Gasteiger partial charge in [0.2, 0.25) is 5.91 Å². The van der Waals surface area contributed by atoms with Crippen molar-refractivity contribution in [2.24, 2.45) is 11.8 Å². The Kier molecular flexibility index (Phi) is 6.21. The van der Waals surface area contributed by atoms with Gasteiger partial charge in [-0.2, -0.15) is 0 Å². The molecule has 0 aromatic heterocycles. The fourth-order valence-electron chi connectivity index (χ4n) is 3.56. The second-order valence-corrected chi connectivity index (χ2v) is 7.08. The molecule has 1 aromatic carbocycles. The van der Waals surface area contributed by atoms with Crippen LogP contribution in [0, 0.1) is 17.7 Å². The predicted octanol–water partition coefficient (Wildman–Crippen LogP) is 2.23. The number of hydrogen-bond donors (Lipinski definition) is 1. The molecule has 2 aliphatic heterocycles. The number of benzene rings is 1. The Bertz CT molecular complexity index is 521. The number of carbonyl (C=O) groups excluding carboxylic acids is 1. The van der Waals surface area contributed by atoms with E-state index in [1.54, 1.807) is 0 Å². The molecular weight excluding hydrogens is 307 g/mol. The molecule has 0 aliphatic carbocycles. The summed E-state index contributed by atoms with van der Waals surface area (Å²) in [5, 5.41) is 3.03. The van der Waals surface area contributed by atoms with Gasteiger partial charge in [-0.15, -0.1) is 0 Å². The highest BCUT2D eigenvalue weighted by atomic mass is 19.1. The molecule has 1 unspecified atom stereocenters. The number of likely N-dealkylation sites (tertiary alicyclic amines) is 1. The molecule has 1 amide bonds. The van der Waals surface area contributed by atoms with Crippen molar-refractivity contribution in [1.82, 2.24) is 10.2 Å². The van der Waals surface area contributed by atoms with Gasteiger partial charge in [0.05, 0.1) is 13.2 Å². The monoisotopic (exact) mass is 334 g/mol. The zero-order valence-corrected chi connectivity index (χ0v) is 14.2. The lowest BCUT2D eigenvalue weighted by Gasteiger charge is -2.31. The molecule has 0 saturated carbocycles. The number of hydrogen-bond acceptors (Lipinski definition) is 3. The first-order valence-electron chi connectivity index (χ1n) is 9.00. The maximum absolute atomic E-state index is 12.9. The molecule has 2 saturated heterocycles. The van der Waals surface area contributed by atoms with Crippen LogP contribution in [0.15, 0.2) is 24.3 Å². The lowest BCUT2D eigenvalue weighted by molar-refractivity contribution is -0.122. The minimum absolute atomic E-state index is 0.124. The highest BCUT2D eigenvalue weighted by Gasteiger charge is 2.22. The number of nitrogens with one attached hydrogen (secondary N) is 1. The topological polar surface area (TPSA) is 41.6 Å². The maximum atomic E-state index is 12.9. The van der Waals surface area contributed by atoms with Crippen LogP contribution in [0.4, 0.5) is 4.39 Å². The highest BCUT2D eigenvalue weighted by molar-refractivity contribution is 5.78. The van der Waals surface area contributed by atoms with Gasteiger partial charge >= 0.3 is 0 Å². The van der Waals surface area contributed by atoms with E-state index >= 15 is 0 Å². The van der Waals surface area contributed by atoms with Crippen LogP contribution in [-0.2, 0) is 16.0 Å². The first-order chi connectivity index (χ1) is 11.7. The Morgan fingerprint density at radius 1 is 1.17 bits per heavy atom. The first-order valence-corrected chi connectivity index (χ1v) is 9.00. The van der Waals surface area contributed by atoms with Crippen molar-refractivity contribution < 1.29 is 13.9 Å². The number of halogens is 1. The van der Waals surface area contributed by atoms with Gasteiger partial charge in [0.1, 0.15) is 5.82 Å². The van der Waals surface area contributed by atoms with Crippen molar-refractivity contribution in [1.29, 1.82) is 0 Å². The summed E-state index contributed by atoms with van der Waals surface area (Å²) in [5.74, 6) is 1.06. The number of carbonyl (C=O) groups is 1. The number of amides is 1. The van der Waals surface area contributed by atoms with Crippen LogP contribution in [0.5, 0.6) is 0 Å². The van der Waals surface area contributed by atoms with Gasteiger partial charge in [-0.05, 0) is 62.4 Å². The summed E-state index contributed by atoms with van der Waals surface area (Å²) in [4.78, 5) is 14.3. The van der Waals surface area contributed by atoms with Crippen molar-refractivity contribution in [3.05, 3.63) is 35.6 Å². The van der Waals surface area contributed by atoms with Crippen LogP contribution in [-0.4, -0.2) is 50.2 Å². The summed E-state index contributed by atoms with van der Waals surface area (Å²) in [6.07, 6.45) is 4.25. The third kappa shape index (κ3) is 5.28. The van der Waals surface area contributed by atoms with E-state index < -0.39 is 0 Å². The molecule has 4 nitrogen and oxygen atoms in total. The Hall–Kier alpha value is -1.46. The van der Waals surface area contributed by atoms with Gasteiger partial charge in [-0.3, -0.25) is 9.69 Å². The van der Waals surface area contributed by atoms with Crippen LogP contribution in [0.1, 0.15) is 24.8 Å². The smallest absolute Gasteiger partial charge is 0.234 e. The van der Waals surface area contributed by atoms with Gasteiger partial charge in [0.15, 0.2) is 0 Å². The lowest BCUT2D eigenvalue weighted by Crippen LogP contribution is -2.42. The standard InChI is InChI=1S/C19H27FN2O2/c20-18-3-1-15(2-4-18)11-16-5-8-22(9-6-16)13-19(23)21-12-17-7-10-24-14-17/h1-4,16-17H,5-14H2,(H,21,23). The minimum Gasteiger partial charge on any atom is -0.381 e. The average molecular weight is 334 g/mol. The molecule has 5 heteroatoms. The fraction of sp³-hybridized carbons (Fsp3) is 0.632. The normalized spacial score (nSPS) is 22.6. The second kappa shape index (κ2) is 8.58. The van der Waals surface area contributed by atoms with Crippen LogP contribution in [0.3, 0.4) is 0 Å². The molecular formula is C19H27FN2O2. The van der Waals surface area contributed by atoms with E-state index in [1.807, 2.05) is 12.1 Å². The quantitative estimate of drug-likeness (QED) is 0.867. The summed E-state index contributed by atoms with van der Waals surface area (Å²) in [5.41, 5.74) is 1.20. The SMILES string of the molecule is O=C(CN1CCC(Cc2ccc(F)cc2)CC1)NCC1CCOC1. The predicted molar refractivity (Wildman–Crippen MR) is 91.2 cm³/mol. The third-order valence-corrected chi connectivity index (χ3v) is 5.12. The zero-order chi connectivity index (χ0) is 16.8. The summed E-state index contributed by atoms with van der Waals surface area (Å²) in [7, 11) is 0. The molecule has 2 heterocycles. The molecule has 132 valence electrons. The van der Waals surface area contributed by atoms with E-state index in [4.69, 9.17) is 4.74 Å². The van der Waals surface area contributed by atoms with E-state index in [0.717, 1.165) is 58.5 Å². The molecule has 24 heavy (non-hydrogen) atoms. The van der Waals surface area contributed by atoms with E-state index in [1.165, 1.54) is 17.7 Å². The molecule has 1 atom stereocenters. The van der Waals surface area contributed by atoms with Crippen molar-refractivity contribution in [2.75, 3.05) is 39.4 Å². The lowest BCUT2D eigenvalue weighted by atomic mass is 9.90. The minimum atomic E-state index is -0.177. The number of piperidine rings is 1. The maximum Gasteiger partial charge on any atom is 0.234 e. The summed E-state index contributed by atoms with van der Waals surface area (Å²) >= 11 is 0. The van der Waals surface area contributed by atoms with Crippen molar-refractivity contribution >= 4 is 5.91 Å². The number of ether oxygens (including phenoxy) is 1. The molecule has 0 bridgehead atoms. The highest BCUT2D eigenvalue weighted by Crippen LogP contribution is 2.21. The molecule has 0 spiro atoms. The Labute approximate surface area is 143 Å². The Morgan fingerprint density at radius 3 is 2.58 bits per heavy atom. The van der Waals surface area contributed by atoms with Gasteiger partial charge in [0.25, 0.3) is 0 Å². The third-order valence-electron chi connectivity index (χ3n) is 5.12. The van der Waals surface area contributed by atoms with E-state index in [0.29, 0.717) is 18.4 Å². The first kappa shape index (κ1) is 17.4. The second-order valence-electron chi connectivity index (χ2n) is 7.08. The summed E-state index contributed by atoms with van der Waals surface area (Å²) in [6.45, 7) is 4.76. The van der Waals surface area contributed by atoms with E-state index in [2.05, 4.69) is 10.2 Å². The van der Waals surface area contributed by atoms with E-state index in [9.17, 15) is 9.18 Å². The fourth-order valence-corrected chi connectivity index (χ4v) is 3.56. The number of rotatable bonds is 6. The van der Waals surface area contributed by atoms with Gasteiger partial charge in [-0.1, -0.05) is 12.1 Å². The molecule has 1 aromatic rings. The molecule has 2 aliphatic rings. The molecule has 2 fully saturated rings. The van der Waals surface area contributed by atoms with Gasteiger partial charge in [0, 0.05) is 19.1 Å². The van der Waals surface area contributed by atoms with Crippen molar-refractivity contribution in [2.45, 2.75) is 25.7 Å². The van der Waals surface area contributed by atoms with E-state index in [-0.39, 0.29) is 11.7 Å². The molecule has 0 radical (unpaired) electrons. The zero-order valence-electron chi connectivity index (χ0n) is 14.2. The van der Waals surface area contributed by atoms with Crippen molar-refractivity contribution in [3.8, 4) is 0 Å². The van der Waals surface area contributed by atoms with Crippen LogP contribution >= 0.6 is 0 Å². The number of nitrogens with zero attached hydrogens (tertiary/aromatic N) is 1. The van der Waals surface area contributed by atoms with Crippen molar-refractivity contribution in [3.63, 3.8) is 0 Å². The molecule has 3 rings (SSSR count). The van der Waals surface area contributed by atoms with Gasteiger partial charge < -0.3 is 10.1 Å². The van der Waals surface area contributed by atoms with Gasteiger partial charge in [-0.25, -0.2) is 4.39 Å². The summed E-state index contributed by atoms with van der Waals surface area (Å²) in [6, 6.07) is 6.82.